The largest absolute Gasteiger partial charge is 0.496 e. The Hall–Kier alpha value is -2.86. The van der Waals surface area contributed by atoms with Crippen LogP contribution in [0, 0.1) is 0 Å². The lowest BCUT2D eigenvalue weighted by atomic mass is 9.65. The third-order valence-corrected chi connectivity index (χ3v) is 6.01. The van der Waals surface area contributed by atoms with E-state index in [9.17, 15) is 14.7 Å². The Morgan fingerprint density at radius 3 is 2.27 bits per heavy atom. The molecule has 0 spiro atoms. The van der Waals surface area contributed by atoms with Gasteiger partial charge in [0.2, 0.25) is 0 Å². The highest BCUT2D eigenvalue weighted by Crippen LogP contribution is 2.43. The van der Waals surface area contributed by atoms with E-state index in [2.05, 4.69) is 17.4 Å². The van der Waals surface area contributed by atoms with Gasteiger partial charge in [-0.05, 0) is 43.4 Å². The highest BCUT2D eigenvalue weighted by molar-refractivity contribution is 5.96. The van der Waals surface area contributed by atoms with Crippen LogP contribution in [0.2, 0.25) is 0 Å². The van der Waals surface area contributed by atoms with E-state index in [0.29, 0.717) is 43.5 Å². The second-order valence-electron chi connectivity index (χ2n) is 8.03. The summed E-state index contributed by atoms with van der Waals surface area (Å²) < 4.78 is 10.4. The number of esters is 1. The Morgan fingerprint density at radius 1 is 1.00 bits per heavy atom. The number of benzene rings is 2. The molecule has 1 aliphatic rings. The Bertz CT molecular complexity index is 872. The minimum atomic E-state index is -1.03. The first-order valence-electron chi connectivity index (χ1n) is 10.2. The fourth-order valence-corrected chi connectivity index (χ4v) is 4.11. The van der Waals surface area contributed by atoms with Gasteiger partial charge in [-0.3, -0.25) is 9.59 Å². The summed E-state index contributed by atoms with van der Waals surface area (Å²) in [7, 11) is 1.54. The van der Waals surface area contributed by atoms with E-state index < -0.39 is 11.6 Å². The van der Waals surface area contributed by atoms with E-state index in [1.807, 2.05) is 24.3 Å². The zero-order chi connectivity index (χ0) is 21.6. The summed E-state index contributed by atoms with van der Waals surface area (Å²) in [6, 6.07) is 17.2. The topological polar surface area (TPSA) is 84.9 Å². The molecule has 6 heteroatoms. The minimum Gasteiger partial charge on any atom is -0.496 e. The van der Waals surface area contributed by atoms with E-state index in [1.54, 1.807) is 25.3 Å². The van der Waals surface area contributed by atoms with Gasteiger partial charge in [0.15, 0.2) is 0 Å². The van der Waals surface area contributed by atoms with Crippen molar-refractivity contribution in [3.05, 3.63) is 65.7 Å². The van der Waals surface area contributed by atoms with Gasteiger partial charge in [0.25, 0.3) is 5.91 Å². The molecule has 0 radical (unpaired) electrons. The number of amides is 1. The molecule has 160 valence electrons. The van der Waals surface area contributed by atoms with Crippen LogP contribution in [0.15, 0.2) is 54.6 Å². The van der Waals surface area contributed by atoms with Crippen molar-refractivity contribution in [3.8, 4) is 5.75 Å². The maximum absolute atomic E-state index is 12.8. The Morgan fingerprint density at radius 2 is 1.63 bits per heavy atom. The first-order chi connectivity index (χ1) is 14.4. The maximum atomic E-state index is 12.8. The molecule has 2 N–H and O–H groups in total. The van der Waals surface area contributed by atoms with Crippen LogP contribution in [0.3, 0.4) is 0 Å². The number of carbonyl (C=O) groups is 2. The first kappa shape index (κ1) is 21.8. The first-order valence-corrected chi connectivity index (χ1v) is 10.2. The van der Waals surface area contributed by atoms with E-state index >= 15 is 0 Å². The number of nitrogens with one attached hydrogen (secondary N) is 1. The molecule has 1 fully saturated rings. The lowest BCUT2D eigenvalue weighted by Gasteiger charge is -2.44. The van der Waals surface area contributed by atoms with Gasteiger partial charge < -0.3 is 19.9 Å². The van der Waals surface area contributed by atoms with Crippen LogP contribution in [0.4, 0.5) is 0 Å². The van der Waals surface area contributed by atoms with Crippen molar-refractivity contribution in [2.24, 2.45) is 0 Å². The molecule has 3 rings (SSSR count). The third-order valence-electron chi connectivity index (χ3n) is 6.01. The van der Waals surface area contributed by atoms with Crippen LogP contribution >= 0.6 is 0 Å². The Labute approximate surface area is 177 Å². The average Bonchev–Trinajstić information content (AvgIpc) is 2.78. The second-order valence-corrected chi connectivity index (χ2v) is 8.03. The zero-order valence-electron chi connectivity index (χ0n) is 17.5. The normalized spacial score (nSPS) is 23.4. The van der Waals surface area contributed by atoms with Gasteiger partial charge in [0.1, 0.15) is 12.4 Å². The van der Waals surface area contributed by atoms with Crippen molar-refractivity contribution < 1.29 is 24.2 Å². The van der Waals surface area contributed by atoms with Crippen LogP contribution < -0.4 is 10.1 Å². The fraction of sp³-hybridized carbons (Fsp3) is 0.417. The van der Waals surface area contributed by atoms with Gasteiger partial charge in [0.05, 0.1) is 18.3 Å². The Balaban J connectivity index is 1.76. The molecule has 0 bridgehead atoms. The van der Waals surface area contributed by atoms with E-state index in [-0.39, 0.29) is 17.9 Å². The van der Waals surface area contributed by atoms with E-state index in [4.69, 9.17) is 9.47 Å². The zero-order valence-corrected chi connectivity index (χ0v) is 17.5. The van der Waals surface area contributed by atoms with E-state index in [0.717, 1.165) is 5.56 Å². The summed E-state index contributed by atoms with van der Waals surface area (Å²) in [4.78, 5) is 24.0. The predicted octanol–water partition coefficient (Wildman–Crippen LogP) is 3.23. The molecule has 0 aliphatic heterocycles. The number of aliphatic hydroxyl groups is 1. The van der Waals surface area contributed by atoms with Crippen LogP contribution in [0.1, 0.15) is 48.5 Å². The van der Waals surface area contributed by atoms with Crippen LogP contribution in [-0.4, -0.2) is 42.8 Å². The average molecular weight is 411 g/mol. The van der Waals surface area contributed by atoms with Gasteiger partial charge >= 0.3 is 5.97 Å². The molecule has 1 aliphatic carbocycles. The molecule has 2 aromatic rings. The number of hydrogen-bond acceptors (Lipinski definition) is 5. The summed E-state index contributed by atoms with van der Waals surface area (Å²) in [5.41, 5.74) is 0.281. The number of methoxy groups -OCH3 is 1. The molecule has 6 nitrogen and oxygen atoms in total. The number of rotatable bonds is 7. The van der Waals surface area contributed by atoms with Crippen molar-refractivity contribution >= 4 is 11.9 Å². The lowest BCUT2D eigenvalue weighted by Crippen LogP contribution is -2.49. The Kier molecular flexibility index (Phi) is 6.77. The van der Waals surface area contributed by atoms with Gasteiger partial charge in [-0.1, -0.05) is 42.5 Å². The quantitative estimate of drug-likeness (QED) is 0.684. The van der Waals surface area contributed by atoms with Crippen molar-refractivity contribution in [1.82, 2.24) is 5.32 Å². The maximum Gasteiger partial charge on any atom is 0.302 e. The minimum absolute atomic E-state index is 0.000770. The number of para-hydroxylation sites is 1. The number of hydrogen-bond donors (Lipinski definition) is 2. The molecule has 0 saturated heterocycles. The molecule has 0 unspecified atom stereocenters. The molecular formula is C24H29NO5. The monoisotopic (exact) mass is 411 g/mol. The smallest absolute Gasteiger partial charge is 0.302 e. The highest BCUT2D eigenvalue weighted by atomic mass is 16.5. The molecule has 1 amide bonds. The van der Waals surface area contributed by atoms with Gasteiger partial charge in [-0.15, -0.1) is 0 Å². The van der Waals surface area contributed by atoms with Gasteiger partial charge in [0, 0.05) is 18.9 Å². The summed E-state index contributed by atoms with van der Waals surface area (Å²) in [6.45, 7) is 1.78. The van der Waals surface area contributed by atoms with E-state index in [1.165, 1.54) is 6.92 Å². The second kappa shape index (κ2) is 9.30. The lowest BCUT2D eigenvalue weighted by molar-refractivity contribution is -0.151. The standard InChI is InChI=1S/C24H29NO5/c1-18(26)30-17-24(28)14-12-23(13-15-24,19-8-4-3-5-9-19)16-25-22(27)20-10-6-7-11-21(20)29-2/h3-11,28H,12-17H2,1-2H3,(H,25,27). The van der Waals surface area contributed by atoms with Gasteiger partial charge in [-0.2, -0.15) is 0 Å². The van der Waals surface area contributed by atoms with Crippen LogP contribution in [0.5, 0.6) is 5.75 Å². The molecular weight excluding hydrogens is 382 g/mol. The number of carbonyl (C=O) groups excluding carboxylic acids is 2. The predicted molar refractivity (Wildman–Crippen MR) is 113 cm³/mol. The van der Waals surface area contributed by atoms with Crippen LogP contribution in [0.25, 0.3) is 0 Å². The van der Waals surface area contributed by atoms with Gasteiger partial charge in [-0.25, -0.2) is 0 Å². The van der Waals surface area contributed by atoms with Crippen molar-refractivity contribution in [2.45, 2.75) is 43.6 Å². The van der Waals surface area contributed by atoms with Crippen molar-refractivity contribution in [1.29, 1.82) is 0 Å². The highest BCUT2D eigenvalue weighted by Gasteiger charge is 2.43. The SMILES string of the molecule is COc1ccccc1C(=O)NCC1(c2ccccc2)CCC(O)(COC(C)=O)CC1. The molecule has 2 aromatic carbocycles. The molecule has 1 saturated carbocycles. The summed E-state index contributed by atoms with van der Waals surface area (Å²) >= 11 is 0. The summed E-state index contributed by atoms with van der Waals surface area (Å²) in [5, 5.41) is 13.9. The fourth-order valence-electron chi connectivity index (χ4n) is 4.11. The van der Waals surface area contributed by atoms with Crippen LogP contribution in [-0.2, 0) is 14.9 Å². The summed E-state index contributed by atoms with van der Waals surface area (Å²) in [5.74, 6) is -0.0564. The number of ether oxygens (including phenoxy) is 2. The van der Waals surface area contributed by atoms with Crippen molar-refractivity contribution in [3.63, 3.8) is 0 Å². The molecule has 0 atom stereocenters. The third kappa shape index (κ3) is 5.00. The summed E-state index contributed by atoms with van der Waals surface area (Å²) in [6.07, 6.45) is 2.31. The molecule has 0 heterocycles. The molecule has 30 heavy (non-hydrogen) atoms. The molecule has 0 aromatic heterocycles. The van der Waals surface area contributed by atoms with Crippen molar-refractivity contribution in [2.75, 3.05) is 20.3 Å².